The van der Waals surface area contributed by atoms with Crippen LogP contribution in [-0.4, -0.2) is 41.6 Å². The lowest BCUT2D eigenvalue weighted by Crippen LogP contribution is -2.50. The van der Waals surface area contributed by atoms with E-state index in [1.807, 2.05) is 60.0 Å². The fraction of sp³-hybridized carbons (Fsp3) is 0.333. The molecule has 2 aromatic heterocycles. The van der Waals surface area contributed by atoms with Crippen LogP contribution in [0, 0.1) is 0 Å². The van der Waals surface area contributed by atoms with Crippen molar-refractivity contribution < 1.29 is 0 Å². The van der Waals surface area contributed by atoms with Crippen molar-refractivity contribution in [3.63, 3.8) is 0 Å². The molecule has 2 nitrogen and oxygen atoms in total. The molecule has 7 heteroatoms. The summed E-state index contributed by atoms with van der Waals surface area (Å²) in [5.41, 5.74) is 2.77. The molecule has 0 radical (unpaired) electrons. The molecule has 4 heterocycles. The summed E-state index contributed by atoms with van der Waals surface area (Å²) in [6, 6.07) is 30.8. The molecule has 2 fully saturated rings. The number of hydrogen-bond acceptors (Lipinski definition) is 6. The lowest BCUT2D eigenvalue weighted by molar-refractivity contribution is 0.148. The molecule has 1 N–H and O–H groups in total. The molecular weight excluding hydrogens is 552 g/mol. The monoisotopic (exact) mass is 590 g/mol. The molecule has 2 saturated heterocycles. The van der Waals surface area contributed by atoms with Crippen LogP contribution in [0.2, 0.25) is 0 Å². The van der Waals surface area contributed by atoms with Gasteiger partial charge in [-0.15, -0.1) is 58.6 Å². The second-order valence-corrected chi connectivity index (χ2v) is 13.3. The fourth-order valence-corrected chi connectivity index (χ4v) is 8.37. The van der Waals surface area contributed by atoms with Crippen molar-refractivity contribution in [2.45, 2.75) is 46.2 Å². The molecule has 0 amide bonds. The minimum absolute atomic E-state index is 0. The van der Waals surface area contributed by atoms with Gasteiger partial charge in [-0.1, -0.05) is 94.1 Å². The second kappa shape index (κ2) is 17.4. The van der Waals surface area contributed by atoms with Gasteiger partial charge >= 0.3 is 0 Å². The number of nitrogens with zero attached hydrogens (tertiary/aromatic N) is 1. The summed E-state index contributed by atoms with van der Waals surface area (Å²) in [5.74, 6) is 0. The Morgan fingerprint density at radius 2 is 1.16 bits per heavy atom. The first-order valence-electron chi connectivity index (χ1n) is 12.3. The van der Waals surface area contributed by atoms with Crippen molar-refractivity contribution in [3.8, 4) is 0 Å². The van der Waals surface area contributed by atoms with Crippen molar-refractivity contribution in [2.24, 2.45) is 0 Å². The van der Waals surface area contributed by atoms with E-state index in [2.05, 4.69) is 106 Å². The Morgan fingerprint density at radius 3 is 1.54 bits per heavy atom. The van der Waals surface area contributed by atoms with E-state index in [-0.39, 0.29) is 19.8 Å². The van der Waals surface area contributed by atoms with Gasteiger partial charge in [0, 0.05) is 36.7 Å². The zero-order chi connectivity index (χ0) is 24.3. The van der Waals surface area contributed by atoms with E-state index in [9.17, 15) is 0 Å². The topological polar surface area (TPSA) is 15.3 Å². The summed E-state index contributed by atoms with van der Waals surface area (Å²) in [5, 5.41) is 9.10. The Balaban J connectivity index is 0.000000290. The molecular formula is C30H39ClN2S4. The fourth-order valence-electron chi connectivity index (χ4n) is 3.97. The van der Waals surface area contributed by atoms with Crippen molar-refractivity contribution >= 4 is 58.6 Å². The molecule has 0 saturated carbocycles. The Kier molecular flexibility index (Phi) is 15.0. The predicted molar refractivity (Wildman–Crippen MR) is 172 cm³/mol. The Hall–Kier alpha value is -1.25. The van der Waals surface area contributed by atoms with Crippen LogP contribution in [0.25, 0.3) is 0 Å². The van der Waals surface area contributed by atoms with Crippen molar-refractivity contribution in [1.82, 2.24) is 10.2 Å². The summed E-state index contributed by atoms with van der Waals surface area (Å²) in [6.45, 7) is 8.67. The van der Waals surface area contributed by atoms with Crippen LogP contribution in [0.1, 0.15) is 38.4 Å². The zero-order valence-corrected chi connectivity index (χ0v) is 24.9. The van der Waals surface area contributed by atoms with Crippen LogP contribution in [0.5, 0.6) is 0 Å². The molecule has 2 aromatic carbocycles. The molecule has 200 valence electrons. The Morgan fingerprint density at radius 1 is 0.703 bits per heavy atom. The summed E-state index contributed by atoms with van der Waals surface area (Å²) >= 11 is 7.70. The molecule has 0 spiro atoms. The number of likely N-dealkylation sites (tertiary alicyclic amines) is 1. The van der Waals surface area contributed by atoms with E-state index < -0.39 is 0 Å². The first kappa shape index (κ1) is 32.0. The Bertz CT molecular complexity index is 1030. The summed E-state index contributed by atoms with van der Waals surface area (Å²) in [6.07, 6.45) is 0. The van der Waals surface area contributed by atoms with Gasteiger partial charge in [-0.05, 0) is 34.0 Å². The third-order valence-electron chi connectivity index (χ3n) is 5.77. The normalized spacial score (nSPS) is 15.0. The van der Waals surface area contributed by atoms with Crippen molar-refractivity contribution in [2.75, 3.05) is 26.2 Å². The molecule has 2 aliphatic heterocycles. The van der Waals surface area contributed by atoms with Gasteiger partial charge in [0.25, 0.3) is 0 Å². The van der Waals surface area contributed by atoms with Crippen molar-refractivity contribution in [3.05, 3.63) is 107 Å². The van der Waals surface area contributed by atoms with Gasteiger partial charge in [-0.25, -0.2) is 0 Å². The van der Waals surface area contributed by atoms with Crippen LogP contribution in [-0.2, 0) is 0 Å². The molecule has 6 rings (SSSR count). The molecule has 2 aliphatic rings. The van der Waals surface area contributed by atoms with Crippen LogP contribution in [0.4, 0.5) is 0 Å². The molecule has 0 bridgehead atoms. The minimum Gasteiger partial charge on any atom is -0.314 e. The van der Waals surface area contributed by atoms with Crippen LogP contribution >= 0.6 is 58.6 Å². The number of rotatable bonds is 7. The van der Waals surface area contributed by atoms with Gasteiger partial charge in [-0.3, -0.25) is 4.90 Å². The van der Waals surface area contributed by atoms with E-state index in [1.54, 1.807) is 0 Å². The van der Waals surface area contributed by atoms with Gasteiger partial charge in [0.15, 0.2) is 0 Å². The van der Waals surface area contributed by atoms with E-state index in [0.29, 0.717) is 11.3 Å². The SMILES string of the molecule is C.CC.Cl.c1ccc(C(c2ccccc2)N2CC(Sc3cccs3)C2)cc1.c1csc(SC2CNC2)c1. The number of thiophene rings is 2. The first-order chi connectivity index (χ1) is 17.3. The largest absolute Gasteiger partial charge is 0.314 e. The van der Waals surface area contributed by atoms with E-state index in [0.717, 1.165) is 18.3 Å². The molecule has 0 aliphatic carbocycles. The van der Waals surface area contributed by atoms with Crippen LogP contribution in [0.15, 0.2) is 104 Å². The Labute approximate surface area is 246 Å². The third-order valence-corrected chi connectivity index (χ3v) is 10.3. The van der Waals surface area contributed by atoms with E-state index in [1.165, 1.54) is 32.6 Å². The number of hydrogen-bond donors (Lipinski definition) is 1. The maximum atomic E-state index is 3.26. The van der Waals surface area contributed by atoms with Crippen LogP contribution < -0.4 is 5.32 Å². The van der Waals surface area contributed by atoms with E-state index in [4.69, 9.17) is 0 Å². The molecule has 0 atom stereocenters. The average Bonchev–Trinajstić information content (AvgIpc) is 3.58. The highest BCUT2D eigenvalue weighted by Crippen LogP contribution is 2.39. The van der Waals surface area contributed by atoms with Gasteiger partial charge < -0.3 is 5.32 Å². The number of benzene rings is 2. The van der Waals surface area contributed by atoms with Gasteiger partial charge in [0.1, 0.15) is 0 Å². The predicted octanol–water partition coefficient (Wildman–Crippen LogP) is 9.21. The van der Waals surface area contributed by atoms with Crippen molar-refractivity contribution in [1.29, 1.82) is 0 Å². The maximum absolute atomic E-state index is 3.26. The van der Waals surface area contributed by atoms with E-state index >= 15 is 0 Å². The number of nitrogens with one attached hydrogen (secondary N) is 1. The highest BCUT2D eigenvalue weighted by atomic mass is 35.5. The van der Waals surface area contributed by atoms with Gasteiger partial charge in [-0.2, -0.15) is 0 Å². The molecule has 0 unspecified atom stereocenters. The minimum atomic E-state index is 0. The second-order valence-electron chi connectivity index (χ2n) is 8.18. The van der Waals surface area contributed by atoms with Gasteiger partial charge in [0.2, 0.25) is 0 Å². The lowest BCUT2D eigenvalue weighted by Gasteiger charge is -2.44. The van der Waals surface area contributed by atoms with Crippen LogP contribution in [0.3, 0.4) is 0 Å². The third kappa shape index (κ3) is 9.47. The maximum Gasteiger partial charge on any atom is 0.0602 e. The molecule has 4 aromatic rings. The zero-order valence-electron chi connectivity index (χ0n) is 20.8. The summed E-state index contributed by atoms with van der Waals surface area (Å²) < 4.78 is 2.89. The smallest absolute Gasteiger partial charge is 0.0602 e. The molecule has 37 heavy (non-hydrogen) atoms. The number of thioether (sulfide) groups is 2. The average molecular weight is 591 g/mol. The number of halogens is 1. The first-order valence-corrected chi connectivity index (χ1v) is 15.8. The lowest BCUT2D eigenvalue weighted by atomic mass is 9.94. The summed E-state index contributed by atoms with van der Waals surface area (Å²) in [4.78, 5) is 2.59. The summed E-state index contributed by atoms with van der Waals surface area (Å²) in [7, 11) is 0. The standard InChI is InChI=1S/C20H19NS2.C7H9NS2.C2H6.CH4.ClH/c1-3-8-16(9-4-1)20(17-10-5-2-6-11-17)21-14-18(15-21)23-19-12-7-13-22-19;1-2-7(9-3-1)10-6-4-8-5-6;1-2;;/h1-13,18,20H,14-15H2;1-3,6,8H,4-5H2;1-2H3;1H4;1H. The van der Waals surface area contributed by atoms with Gasteiger partial charge in [0.05, 0.1) is 14.5 Å². The highest BCUT2D eigenvalue weighted by molar-refractivity contribution is 8.02. The highest BCUT2D eigenvalue weighted by Gasteiger charge is 2.34. The quantitative estimate of drug-likeness (QED) is 0.231.